The largest absolute Gasteiger partial charge is 0.501 e. The highest BCUT2D eigenvalue weighted by Crippen LogP contribution is 2.20. The van der Waals surface area contributed by atoms with Gasteiger partial charge in [-0.15, -0.1) is 0 Å². The van der Waals surface area contributed by atoms with Gasteiger partial charge in [0, 0.05) is 18.0 Å². The summed E-state index contributed by atoms with van der Waals surface area (Å²) in [5, 5.41) is 2.76. The quantitative estimate of drug-likeness (QED) is 0.657. The van der Waals surface area contributed by atoms with Crippen molar-refractivity contribution in [2.24, 2.45) is 4.99 Å². The van der Waals surface area contributed by atoms with Gasteiger partial charge >= 0.3 is 11.9 Å². The fourth-order valence-corrected chi connectivity index (χ4v) is 3.63. The lowest BCUT2D eigenvalue weighted by Crippen LogP contribution is -2.57. The fraction of sp³-hybridized carbons (Fsp3) is 0.208. The molecule has 4 rings (SSSR count). The number of carbonyl (C=O) groups is 3. The predicted molar refractivity (Wildman–Crippen MR) is 122 cm³/mol. The lowest BCUT2D eigenvalue weighted by atomic mass is 10.0. The summed E-state index contributed by atoms with van der Waals surface area (Å²) >= 11 is 0. The van der Waals surface area contributed by atoms with Gasteiger partial charge in [0.15, 0.2) is 6.54 Å². The normalized spacial score (nSPS) is 17.2. The van der Waals surface area contributed by atoms with Crippen LogP contribution in [0.2, 0.25) is 0 Å². The molecule has 0 bridgehead atoms. The van der Waals surface area contributed by atoms with E-state index in [1.165, 1.54) is 17.9 Å². The highest BCUT2D eigenvalue weighted by Gasteiger charge is 2.48. The number of dihydropyridines is 1. The molecule has 4 amide bonds. The summed E-state index contributed by atoms with van der Waals surface area (Å²) < 4.78 is 11.6. The van der Waals surface area contributed by atoms with Gasteiger partial charge in [0.05, 0.1) is 14.2 Å². The number of anilines is 1. The van der Waals surface area contributed by atoms with Gasteiger partial charge in [-0.25, -0.2) is 4.79 Å². The van der Waals surface area contributed by atoms with Crippen LogP contribution in [-0.4, -0.2) is 66.1 Å². The smallest absolute Gasteiger partial charge is 0.497 e. The number of amides is 4. The van der Waals surface area contributed by atoms with Crippen molar-refractivity contribution >= 4 is 35.5 Å². The Morgan fingerprint density at radius 2 is 1.85 bits per heavy atom. The summed E-state index contributed by atoms with van der Waals surface area (Å²) in [6, 6.07) is 12.5. The van der Waals surface area contributed by atoms with Crippen LogP contribution < -0.4 is 14.8 Å². The van der Waals surface area contributed by atoms with E-state index in [4.69, 9.17) is 9.47 Å². The molecular formula is C24H23N4O5+. The first-order chi connectivity index (χ1) is 16.0. The number of nitrogens with one attached hydrogen (secondary N) is 1. The Balaban J connectivity index is 1.58. The molecule has 0 spiro atoms. The molecule has 0 radical (unpaired) electrons. The molecule has 2 aliphatic rings. The van der Waals surface area contributed by atoms with E-state index in [-0.39, 0.29) is 13.1 Å². The van der Waals surface area contributed by atoms with Crippen molar-refractivity contribution in [1.82, 2.24) is 4.90 Å². The van der Waals surface area contributed by atoms with E-state index in [9.17, 15) is 14.4 Å². The van der Waals surface area contributed by atoms with Gasteiger partial charge in [-0.3, -0.25) is 9.79 Å². The van der Waals surface area contributed by atoms with Crippen LogP contribution in [0.3, 0.4) is 0 Å². The third-order valence-corrected chi connectivity index (χ3v) is 5.30. The topological polar surface area (TPSA) is 100 Å². The van der Waals surface area contributed by atoms with E-state index in [0.29, 0.717) is 22.9 Å². The maximum Gasteiger partial charge on any atom is 0.501 e. The standard InChI is InChI=1S/C24H22N4O5/c1-32-18-10-8-16(9-11-18)14-28-23(30)22-20(7-4-12-25-22)27(24(28)31)15-21(29)26-17-5-3-6-19(13-17)33-2/h3-13,22H,14-15H2,1-2H3/p+1. The van der Waals surface area contributed by atoms with E-state index in [1.54, 1.807) is 67.8 Å². The molecule has 1 unspecified atom stereocenters. The molecule has 1 N–H and O–H groups in total. The molecule has 9 heteroatoms. The number of nitrogens with zero attached hydrogens (tertiary/aromatic N) is 3. The third kappa shape index (κ3) is 4.67. The molecule has 0 fully saturated rings. The van der Waals surface area contributed by atoms with E-state index < -0.39 is 23.9 Å². The van der Waals surface area contributed by atoms with Crippen LogP contribution in [0, 0.1) is 0 Å². The minimum absolute atomic E-state index is 0.0542. The Morgan fingerprint density at radius 1 is 1.09 bits per heavy atom. The predicted octanol–water partition coefficient (Wildman–Crippen LogP) is 2.27. The number of ether oxygens (including phenoxy) is 2. The monoisotopic (exact) mass is 447 g/mol. The van der Waals surface area contributed by atoms with Gasteiger partial charge < -0.3 is 14.8 Å². The number of fused-ring (bicyclic) bond motifs is 1. The molecule has 0 aliphatic carbocycles. The minimum Gasteiger partial charge on any atom is -0.497 e. The number of benzene rings is 2. The lowest BCUT2D eigenvalue weighted by molar-refractivity contribution is -0.427. The molecule has 33 heavy (non-hydrogen) atoms. The van der Waals surface area contributed by atoms with E-state index in [1.807, 2.05) is 0 Å². The molecule has 168 valence electrons. The Morgan fingerprint density at radius 3 is 2.58 bits per heavy atom. The maximum atomic E-state index is 13.3. The van der Waals surface area contributed by atoms with Gasteiger partial charge in [0.25, 0.3) is 5.91 Å². The zero-order valence-corrected chi connectivity index (χ0v) is 18.2. The first-order valence-corrected chi connectivity index (χ1v) is 10.3. The summed E-state index contributed by atoms with van der Waals surface area (Å²) in [5.74, 6) is 0.418. The number of allylic oxidation sites excluding steroid dienone is 1. The second kappa shape index (κ2) is 9.47. The van der Waals surface area contributed by atoms with Crippen LogP contribution >= 0.6 is 0 Å². The number of rotatable bonds is 7. The molecule has 0 saturated carbocycles. The highest BCUT2D eigenvalue weighted by atomic mass is 16.5. The Labute approximate surface area is 190 Å². The molecule has 2 aromatic carbocycles. The Hall–Kier alpha value is -4.27. The van der Waals surface area contributed by atoms with Crippen molar-refractivity contribution in [2.45, 2.75) is 12.6 Å². The number of hydrogen-bond donors (Lipinski definition) is 1. The summed E-state index contributed by atoms with van der Waals surface area (Å²) in [4.78, 5) is 44.5. The molecule has 2 heterocycles. The summed E-state index contributed by atoms with van der Waals surface area (Å²) in [6.45, 7) is -0.215. The first-order valence-electron chi connectivity index (χ1n) is 10.3. The summed E-state index contributed by atoms with van der Waals surface area (Å²) in [6.07, 6.45) is 4.79. The van der Waals surface area contributed by atoms with Crippen molar-refractivity contribution in [2.75, 3.05) is 26.1 Å². The van der Waals surface area contributed by atoms with Gasteiger partial charge in [-0.2, -0.15) is 14.3 Å². The Kier molecular flexibility index (Phi) is 6.30. The molecule has 0 aromatic heterocycles. The average molecular weight is 447 g/mol. The number of carbonyl (C=O) groups excluding carboxylic acids is 3. The van der Waals surface area contributed by atoms with Crippen molar-refractivity contribution in [3.63, 3.8) is 0 Å². The van der Waals surface area contributed by atoms with Crippen LogP contribution in [0.5, 0.6) is 11.5 Å². The van der Waals surface area contributed by atoms with Crippen molar-refractivity contribution in [3.05, 3.63) is 66.2 Å². The number of urea groups is 1. The summed E-state index contributed by atoms with van der Waals surface area (Å²) in [5.41, 5.74) is 1.66. The number of hydrogen-bond acceptors (Lipinski definition) is 6. The zero-order chi connectivity index (χ0) is 23.4. The van der Waals surface area contributed by atoms with E-state index >= 15 is 0 Å². The van der Waals surface area contributed by atoms with Crippen LogP contribution in [0.4, 0.5) is 10.5 Å². The molecule has 2 aromatic rings. The zero-order valence-electron chi connectivity index (χ0n) is 18.2. The highest BCUT2D eigenvalue weighted by molar-refractivity contribution is 6.20. The van der Waals surface area contributed by atoms with E-state index in [2.05, 4.69) is 10.3 Å². The van der Waals surface area contributed by atoms with Gasteiger partial charge in [-0.05, 0) is 42.0 Å². The average Bonchev–Trinajstić information content (AvgIpc) is 2.85. The SMILES string of the molecule is COc1ccc(CN2C(=O)C3N=CC=CC3=[N+](CC(=O)Nc3cccc(OC)c3)C2=O)cc1. The summed E-state index contributed by atoms with van der Waals surface area (Å²) in [7, 11) is 3.10. The van der Waals surface area contributed by atoms with Crippen LogP contribution in [-0.2, 0) is 16.1 Å². The van der Waals surface area contributed by atoms with Gasteiger partial charge in [0.2, 0.25) is 6.04 Å². The van der Waals surface area contributed by atoms with Crippen molar-refractivity contribution < 1.29 is 28.4 Å². The van der Waals surface area contributed by atoms with Crippen molar-refractivity contribution in [1.29, 1.82) is 0 Å². The minimum atomic E-state index is -0.879. The molecule has 1 atom stereocenters. The van der Waals surface area contributed by atoms with Gasteiger partial charge in [-0.1, -0.05) is 18.2 Å². The molecular weight excluding hydrogens is 424 g/mol. The first kappa shape index (κ1) is 21.9. The number of imide groups is 1. The lowest BCUT2D eigenvalue weighted by Gasteiger charge is -2.26. The number of methoxy groups -OCH3 is 2. The third-order valence-electron chi connectivity index (χ3n) is 5.30. The van der Waals surface area contributed by atoms with Crippen LogP contribution in [0.25, 0.3) is 0 Å². The van der Waals surface area contributed by atoms with Crippen molar-refractivity contribution in [3.8, 4) is 11.5 Å². The van der Waals surface area contributed by atoms with Crippen LogP contribution in [0.1, 0.15) is 5.56 Å². The second-order valence-corrected chi connectivity index (χ2v) is 7.41. The van der Waals surface area contributed by atoms with Crippen LogP contribution in [0.15, 0.2) is 65.7 Å². The maximum absolute atomic E-state index is 13.3. The fourth-order valence-electron chi connectivity index (χ4n) is 3.63. The second-order valence-electron chi connectivity index (χ2n) is 7.41. The molecule has 9 nitrogen and oxygen atoms in total. The molecule has 2 aliphatic heterocycles. The number of aliphatic imine (C=N–C) groups is 1. The van der Waals surface area contributed by atoms with Gasteiger partial charge in [0.1, 0.15) is 23.8 Å². The Bertz CT molecular complexity index is 1180. The van der Waals surface area contributed by atoms with E-state index in [0.717, 1.165) is 10.5 Å². The molecule has 0 saturated heterocycles.